The van der Waals surface area contributed by atoms with Crippen LogP contribution in [0.15, 0.2) is 0 Å². The van der Waals surface area contributed by atoms with Crippen LogP contribution in [0, 0.1) is 0 Å². The molecule has 2 atom stereocenters. The molecule has 0 aromatic carbocycles. The first kappa shape index (κ1) is 12.8. The van der Waals surface area contributed by atoms with E-state index in [2.05, 4.69) is 19.2 Å². The van der Waals surface area contributed by atoms with Crippen molar-refractivity contribution in [2.24, 2.45) is 0 Å². The van der Waals surface area contributed by atoms with Crippen LogP contribution in [0.1, 0.15) is 39.5 Å². The van der Waals surface area contributed by atoms with Gasteiger partial charge >= 0.3 is 0 Å². The molecule has 2 N–H and O–H groups in total. The van der Waals surface area contributed by atoms with Gasteiger partial charge in [-0.25, -0.2) is 0 Å². The third kappa shape index (κ3) is 4.89. The summed E-state index contributed by atoms with van der Waals surface area (Å²) in [7, 11) is 0. The van der Waals surface area contributed by atoms with Crippen LogP contribution in [0.4, 0.5) is 0 Å². The molecule has 1 rings (SSSR count). The van der Waals surface area contributed by atoms with E-state index in [0.717, 1.165) is 25.7 Å². The summed E-state index contributed by atoms with van der Waals surface area (Å²) in [5.41, 5.74) is 0. The standard InChI is InChI=1S/C11H21NO2S/c1-8(2)15-7-11(14)12-9-5-3-4-6-10(9)13/h8-10,13H,3-7H2,1-2H3,(H,12,14). The Balaban J connectivity index is 2.24. The van der Waals surface area contributed by atoms with Crippen LogP contribution in [0.25, 0.3) is 0 Å². The zero-order chi connectivity index (χ0) is 11.3. The first-order valence-electron chi connectivity index (χ1n) is 5.68. The molecule has 0 aromatic rings. The molecule has 1 saturated carbocycles. The number of aliphatic hydroxyl groups excluding tert-OH is 1. The molecule has 1 amide bonds. The van der Waals surface area contributed by atoms with Crippen LogP contribution < -0.4 is 5.32 Å². The summed E-state index contributed by atoms with van der Waals surface area (Å²) in [5, 5.41) is 13.1. The average molecular weight is 231 g/mol. The molecule has 0 bridgehead atoms. The third-order valence-electron chi connectivity index (χ3n) is 2.62. The first-order valence-corrected chi connectivity index (χ1v) is 6.73. The summed E-state index contributed by atoms with van der Waals surface area (Å²) >= 11 is 1.64. The fraction of sp³-hybridized carbons (Fsp3) is 0.909. The molecule has 88 valence electrons. The van der Waals surface area contributed by atoms with Gasteiger partial charge in [0.1, 0.15) is 0 Å². The Labute approximate surface area is 96.0 Å². The Morgan fingerprint density at radius 3 is 2.73 bits per heavy atom. The fourth-order valence-corrected chi connectivity index (χ4v) is 2.34. The van der Waals surface area contributed by atoms with Crippen molar-refractivity contribution in [2.45, 2.75) is 56.9 Å². The normalized spacial score (nSPS) is 26.7. The maximum atomic E-state index is 11.5. The van der Waals surface area contributed by atoms with E-state index >= 15 is 0 Å². The highest BCUT2D eigenvalue weighted by molar-refractivity contribution is 8.00. The van der Waals surface area contributed by atoms with E-state index in [1.807, 2.05) is 0 Å². The van der Waals surface area contributed by atoms with Crippen molar-refractivity contribution < 1.29 is 9.90 Å². The van der Waals surface area contributed by atoms with E-state index < -0.39 is 0 Å². The maximum absolute atomic E-state index is 11.5. The van der Waals surface area contributed by atoms with E-state index in [1.165, 1.54) is 0 Å². The van der Waals surface area contributed by atoms with Gasteiger partial charge in [0.2, 0.25) is 5.91 Å². The molecule has 0 heterocycles. The highest BCUT2D eigenvalue weighted by atomic mass is 32.2. The van der Waals surface area contributed by atoms with Crippen molar-refractivity contribution in [1.29, 1.82) is 0 Å². The molecular weight excluding hydrogens is 210 g/mol. The van der Waals surface area contributed by atoms with Crippen molar-refractivity contribution in [3.8, 4) is 0 Å². The Kier molecular flexibility index (Phi) is 5.47. The zero-order valence-electron chi connectivity index (χ0n) is 9.53. The van der Waals surface area contributed by atoms with Crippen molar-refractivity contribution in [3.63, 3.8) is 0 Å². The molecule has 4 heteroatoms. The molecule has 0 radical (unpaired) electrons. The molecule has 2 unspecified atom stereocenters. The molecule has 0 aromatic heterocycles. The van der Waals surface area contributed by atoms with Gasteiger partial charge in [0.15, 0.2) is 0 Å². The van der Waals surface area contributed by atoms with E-state index in [4.69, 9.17) is 0 Å². The molecule has 0 spiro atoms. The molecule has 1 aliphatic carbocycles. The van der Waals surface area contributed by atoms with E-state index in [0.29, 0.717) is 11.0 Å². The molecule has 15 heavy (non-hydrogen) atoms. The average Bonchev–Trinajstić information content (AvgIpc) is 2.18. The number of amides is 1. The lowest BCUT2D eigenvalue weighted by Crippen LogP contribution is -2.45. The molecule has 1 aliphatic rings. The Bertz CT molecular complexity index is 209. The summed E-state index contributed by atoms with van der Waals surface area (Å²) in [6, 6.07) is -0.0148. The summed E-state index contributed by atoms with van der Waals surface area (Å²) < 4.78 is 0. The molecule has 0 saturated heterocycles. The topological polar surface area (TPSA) is 49.3 Å². The minimum Gasteiger partial charge on any atom is -0.391 e. The van der Waals surface area contributed by atoms with E-state index in [9.17, 15) is 9.90 Å². The summed E-state index contributed by atoms with van der Waals surface area (Å²) in [5.74, 6) is 0.556. The Morgan fingerprint density at radius 1 is 1.47 bits per heavy atom. The van der Waals surface area contributed by atoms with Gasteiger partial charge in [-0.15, -0.1) is 11.8 Å². The number of aliphatic hydroxyl groups is 1. The van der Waals surface area contributed by atoms with Crippen molar-refractivity contribution >= 4 is 17.7 Å². The van der Waals surface area contributed by atoms with Gasteiger partial charge < -0.3 is 10.4 Å². The lowest BCUT2D eigenvalue weighted by atomic mass is 9.93. The van der Waals surface area contributed by atoms with Gasteiger partial charge in [-0.1, -0.05) is 26.7 Å². The first-order chi connectivity index (χ1) is 7.09. The third-order valence-corrected chi connectivity index (χ3v) is 3.72. The monoisotopic (exact) mass is 231 g/mol. The number of rotatable bonds is 4. The van der Waals surface area contributed by atoms with Gasteiger partial charge in [-0.05, 0) is 18.1 Å². The lowest BCUT2D eigenvalue weighted by molar-refractivity contribution is -0.120. The van der Waals surface area contributed by atoms with Gasteiger partial charge in [0, 0.05) is 0 Å². The molecule has 3 nitrogen and oxygen atoms in total. The fourth-order valence-electron chi connectivity index (χ4n) is 1.77. The largest absolute Gasteiger partial charge is 0.391 e. The smallest absolute Gasteiger partial charge is 0.230 e. The highest BCUT2D eigenvalue weighted by Gasteiger charge is 2.24. The van der Waals surface area contributed by atoms with Crippen LogP contribution in [0.3, 0.4) is 0 Å². The second-order valence-electron chi connectivity index (χ2n) is 4.39. The van der Waals surface area contributed by atoms with Gasteiger partial charge in [0.05, 0.1) is 17.9 Å². The minimum absolute atomic E-state index is 0.0148. The predicted molar refractivity (Wildman–Crippen MR) is 64.0 cm³/mol. The van der Waals surface area contributed by atoms with Crippen LogP contribution in [-0.4, -0.2) is 34.2 Å². The zero-order valence-corrected chi connectivity index (χ0v) is 10.3. The van der Waals surface area contributed by atoms with Crippen molar-refractivity contribution in [3.05, 3.63) is 0 Å². The molecule has 0 aliphatic heterocycles. The van der Waals surface area contributed by atoms with Crippen LogP contribution >= 0.6 is 11.8 Å². The summed E-state index contributed by atoms with van der Waals surface area (Å²) in [4.78, 5) is 11.5. The molecule has 1 fully saturated rings. The van der Waals surface area contributed by atoms with Crippen LogP contribution in [0.5, 0.6) is 0 Å². The number of carbonyl (C=O) groups excluding carboxylic acids is 1. The van der Waals surface area contributed by atoms with Gasteiger partial charge in [-0.3, -0.25) is 4.79 Å². The predicted octanol–water partition coefficient (Wildman–Crippen LogP) is 1.55. The number of hydrogen-bond donors (Lipinski definition) is 2. The second-order valence-corrected chi connectivity index (χ2v) is 5.95. The maximum Gasteiger partial charge on any atom is 0.230 e. The minimum atomic E-state index is -0.341. The van der Waals surface area contributed by atoms with Crippen molar-refractivity contribution in [1.82, 2.24) is 5.32 Å². The summed E-state index contributed by atoms with van der Waals surface area (Å²) in [6.45, 7) is 4.15. The van der Waals surface area contributed by atoms with Crippen LogP contribution in [0.2, 0.25) is 0 Å². The molecular formula is C11H21NO2S. The van der Waals surface area contributed by atoms with E-state index in [-0.39, 0.29) is 18.1 Å². The second kappa shape index (κ2) is 6.38. The van der Waals surface area contributed by atoms with Gasteiger partial charge in [0.25, 0.3) is 0 Å². The Hall–Kier alpha value is -0.220. The number of hydrogen-bond acceptors (Lipinski definition) is 3. The number of nitrogens with one attached hydrogen (secondary N) is 1. The van der Waals surface area contributed by atoms with Crippen molar-refractivity contribution in [2.75, 3.05) is 5.75 Å². The van der Waals surface area contributed by atoms with Crippen LogP contribution in [-0.2, 0) is 4.79 Å². The number of thioether (sulfide) groups is 1. The Morgan fingerprint density at radius 2 is 2.13 bits per heavy atom. The van der Waals surface area contributed by atoms with Gasteiger partial charge in [-0.2, -0.15) is 0 Å². The highest BCUT2D eigenvalue weighted by Crippen LogP contribution is 2.18. The lowest BCUT2D eigenvalue weighted by Gasteiger charge is -2.28. The SMILES string of the molecule is CC(C)SCC(=O)NC1CCCCC1O. The number of carbonyl (C=O) groups is 1. The summed E-state index contributed by atoms with van der Waals surface area (Å²) in [6.07, 6.45) is 3.58. The van der Waals surface area contributed by atoms with E-state index in [1.54, 1.807) is 11.8 Å². The quantitative estimate of drug-likeness (QED) is 0.772.